The highest BCUT2D eigenvalue weighted by molar-refractivity contribution is 7.88. The maximum Gasteiger partial charge on any atom is 0.344 e. The van der Waals surface area contributed by atoms with Gasteiger partial charge >= 0.3 is 10.2 Å². The monoisotopic (exact) mass is 307 g/mol. The number of anilines is 1. The third-order valence-electron chi connectivity index (χ3n) is 3.21. The maximum atomic E-state index is 12.3. The first-order chi connectivity index (χ1) is 9.85. The van der Waals surface area contributed by atoms with Crippen LogP contribution in [-0.2, 0) is 21.4 Å². The summed E-state index contributed by atoms with van der Waals surface area (Å²) in [4.78, 5) is 12.3. The molecular weight excluding hydrogens is 290 g/mol. The number of hydrogen-bond donors (Lipinski definition) is 1. The Kier molecular flexibility index (Phi) is 4.13. The molecule has 0 bridgehead atoms. The van der Waals surface area contributed by atoms with Gasteiger partial charge < -0.3 is 5.32 Å². The van der Waals surface area contributed by atoms with Gasteiger partial charge in [0.25, 0.3) is 5.91 Å². The van der Waals surface area contributed by atoms with Crippen LogP contribution in [0.3, 0.4) is 0 Å². The number of benzene rings is 1. The largest absolute Gasteiger partial charge is 0.344 e. The second-order valence-electron chi connectivity index (χ2n) is 4.68. The molecular formula is C14H17N3O3S. The number of carbonyl (C=O) groups excluding carboxylic acids is 1. The predicted molar refractivity (Wildman–Crippen MR) is 82.3 cm³/mol. The van der Waals surface area contributed by atoms with E-state index < -0.39 is 10.2 Å². The lowest BCUT2D eigenvalue weighted by molar-refractivity contribution is -0.112. The third kappa shape index (κ3) is 3.13. The molecule has 21 heavy (non-hydrogen) atoms. The zero-order valence-corrected chi connectivity index (χ0v) is 12.9. The van der Waals surface area contributed by atoms with Crippen LogP contribution in [0.5, 0.6) is 0 Å². The molecule has 1 aliphatic rings. The number of amides is 1. The first-order valence-corrected chi connectivity index (χ1v) is 7.91. The van der Waals surface area contributed by atoms with Gasteiger partial charge in [0.05, 0.1) is 11.3 Å². The molecule has 1 aliphatic heterocycles. The molecule has 1 amide bonds. The molecule has 1 aromatic carbocycles. The number of nitrogens with one attached hydrogen (secondary N) is 1. The normalized spacial score (nSPS) is 17.0. The van der Waals surface area contributed by atoms with E-state index in [4.69, 9.17) is 0 Å². The van der Waals surface area contributed by atoms with Crippen molar-refractivity contribution >= 4 is 27.5 Å². The lowest BCUT2D eigenvalue weighted by atomic mass is 10.1. The van der Waals surface area contributed by atoms with Crippen LogP contribution in [0.25, 0.3) is 0 Å². The minimum atomic E-state index is -3.70. The van der Waals surface area contributed by atoms with Crippen molar-refractivity contribution in [1.29, 1.82) is 0 Å². The summed E-state index contributed by atoms with van der Waals surface area (Å²) in [6.07, 6.45) is 2.07. The van der Waals surface area contributed by atoms with E-state index >= 15 is 0 Å². The molecule has 0 atom stereocenters. The Hall–Kier alpha value is -2.15. The van der Waals surface area contributed by atoms with Crippen LogP contribution >= 0.6 is 0 Å². The quantitative estimate of drug-likeness (QED) is 0.923. The fourth-order valence-corrected chi connectivity index (χ4v) is 2.80. The zero-order valence-electron chi connectivity index (χ0n) is 12.1. The molecule has 1 N–H and O–H groups in total. The minimum Gasteiger partial charge on any atom is -0.322 e. The van der Waals surface area contributed by atoms with Crippen LogP contribution < -0.4 is 5.32 Å². The Morgan fingerprint density at radius 1 is 1.33 bits per heavy atom. The zero-order chi connectivity index (χ0) is 15.6. The first-order valence-electron chi connectivity index (χ1n) is 6.51. The topological polar surface area (TPSA) is 78.8 Å². The van der Waals surface area contributed by atoms with Crippen molar-refractivity contribution < 1.29 is 13.2 Å². The molecule has 0 radical (unpaired) electrons. The lowest BCUT2D eigenvalue weighted by Crippen LogP contribution is -2.30. The molecule has 1 heterocycles. The van der Waals surface area contributed by atoms with E-state index in [2.05, 4.69) is 9.71 Å². The van der Waals surface area contributed by atoms with Gasteiger partial charge in [-0.2, -0.15) is 8.42 Å². The van der Waals surface area contributed by atoms with Gasteiger partial charge in [0, 0.05) is 18.9 Å². The van der Waals surface area contributed by atoms with Crippen molar-refractivity contribution in [2.45, 2.75) is 20.3 Å². The molecule has 0 saturated carbocycles. The van der Waals surface area contributed by atoms with E-state index in [1.54, 1.807) is 0 Å². The predicted octanol–water partition coefficient (Wildman–Crippen LogP) is 1.72. The van der Waals surface area contributed by atoms with Gasteiger partial charge in [-0.25, -0.2) is 0 Å². The smallest absolute Gasteiger partial charge is 0.322 e. The fraction of sp³-hybridized carbons (Fsp3) is 0.286. The van der Waals surface area contributed by atoms with Crippen LogP contribution in [0, 0.1) is 0 Å². The third-order valence-corrected chi connectivity index (χ3v) is 4.55. The maximum absolute atomic E-state index is 12.3. The first kappa shape index (κ1) is 15.2. The van der Waals surface area contributed by atoms with Gasteiger partial charge in [-0.05, 0) is 25.0 Å². The molecule has 0 aliphatic carbocycles. The van der Waals surface area contributed by atoms with Gasteiger partial charge in [0.1, 0.15) is 0 Å². The highest BCUT2D eigenvalue weighted by Crippen LogP contribution is 2.19. The molecule has 0 saturated heterocycles. The Bertz CT molecular complexity index is 736. The average Bonchev–Trinajstić information content (AvgIpc) is 2.42. The molecule has 2 rings (SSSR count). The van der Waals surface area contributed by atoms with Crippen molar-refractivity contribution in [3.63, 3.8) is 0 Å². The number of rotatable bonds is 3. The molecule has 0 fully saturated rings. The lowest BCUT2D eigenvalue weighted by Gasteiger charge is -2.20. The molecule has 7 heteroatoms. The molecule has 112 valence electrons. The fourth-order valence-electron chi connectivity index (χ4n) is 1.99. The van der Waals surface area contributed by atoms with Crippen molar-refractivity contribution in [3.05, 3.63) is 41.6 Å². The van der Waals surface area contributed by atoms with Crippen LogP contribution in [0.15, 0.2) is 40.4 Å². The second-order valence-corrected chi connectivity index (χ2v) is 6.33. The second kappa shape index (κ2) is 5.69. The Morgan fingerprint density at radius 2 is 2.00 bits per heavy atom. The Labute approximate surface area is 124 Å². The summed E-state index contributed by atoms with van der Waals surface area (Å²) >= 11 is 0. The van der Waals surface area contributed by atoms with Crippen molar-refractivity contribution in [2.75, 3.05) is 12.4 Å². The van der Waals surface area contributed by atoms with E-state index in [0.717, 1.165) is 22.0 Å². The highest BCUT2D eigenvalue weighted by Gasteiger charge is 2.25. The standard InChI is InChI=1S/C14H17N3O3S/c1-4-11-7-5-6-8-13(11)15-14(18)12-9-17(3)21(19,20)16-10(12)2/h5-9H,4H2,1-3H3,(H,15,18). The van der Waals surface area contributed by atoms with Gasteiger partial charge in [0.15, 0.2) is 0 Å². The van der Waals surface area contributed by atoms with Crippen molar-refractivity contribution in [3.8, 4) is 0 Å². The van der Waals surface area contributed by atoms with Gasteiger partial charge in [-0.1, -0.05) is 25.1 Å². The van der Waals surface area contributed by atoms with E-state index in [1.807, 2.05) is 31.2 Å². The SMILES string of the molecule is CCc1ccccc1NC(=O)C1=CN(C)S(=O)(=O)N=C1C. The van der Waals surface area contributed by atoms with Crippen molar-refractivity contribution in [1.82, 2.24) is 4.31 Å². The summed E-state index contributed by atoms with van der Waals surface area (Å²) in [5.74, 6) is -0.376. The summed E-state index contributed by atoms with van der Waals surface area (Å²) in [5, 5.41) is 2.80. The van der Waals surface area contributed by atoms with Crippen LogP contribution in [0.4, 0.5) is 5.69 Å². The van der Waals surface area contributed by atoms with Crippen molar-refractivity contribution in [2.24, 2.45) is 4.40 Å². The van der Waals surface area contributed by atoms with Crippen LogP contribution in [0.1, 0.15) is 19.4 Å². The summed E-state index contributed by atoms with van der Waals surface area (Å²) in [6.45, 7) is 3.50. The minimum absolute atomic E-state index is 0.180. The molecule has 6 nitrogen and oxygen atoms in total. The summed E-state index contributed by atoms with van der Waals surface area (Å²) in [5.41, 5.74) is 2.14. The van der Waals surface area contributed by atoms with E-state index in [-0.39, 0.29) is 17.2 Å². The molecule has 0 aromatic heterocycles. The number of hydrogen-bond acceptors (Lipinski definition) is 3. The Morgan fingerprint density at radius 3 is 2.67 bits per heavy atom. The number of nitrogens with zero attached hydrogens (tertiary/aromatic N) is 2. The van der Waals surface area contributed by atoms with Gasteiger partial charge in [-0.15, -0.1) is 4.40 Å². The average molecular weight is 307 g/mol. The van der Waals surface area contributed by atoms with Crippen LogP contribution in [0.2, 0.25) is 0 Å². The number of carbonyl (C=O) groups is 1. The molecule has 0 spiro atoms. The van der Waals surface area contributed by atoms with E-state index in [1.165, 1.54) is 20.2 Å². The number of aryl methyl sites for hydroxylation is 1. The van der Waals surface area contributed by atoms with Gasteiger partial charge in [-0.3, -0.25) is 9.10 Å². The summed E-state index contributed by atoms with van der Waals surface area (Å²) in [7, 11) is -2.35. The number of para-hydroxylation sites is 1. The van der Waals surface area contributed by atoms with Crippen LogP contribution in [-0.4, -0.2) is 31.4 Å². The Balaban J connectivity index is 2.28. The highest BCUT2D eigenvalue weighted by atomic mass is 32.2. The molecule has 0 unspecified atom stereocenters. The molecule has 1 aromatic rings. The van der Waals surface area contributed by atoms with E-state index in [9.17, 15) is 13.2 Å². The summed E-state index contributed by atoms with van der Waals surface area (Å²) in [6, 6.07) is 7.48. The van der Waals surface area contributed by atoms with Gasteiger partial charge in [0.2, 0.25) is 0 Å². The van der Waals surface area contributed by atoms with E-state index in [0.29, 0.717) is 0 Å². The summed E-state index contributed by atoms with van der Waals surface area (Å²) < 4.78 is 27.7.